The molecule has 0 unspecified atom stereocenters. The van der Waals surface area contributed by atoms with Gasteiger partial charge in [0.15, 0.2) is 6.29 Å². The molecule has 0 aliphatic carbocycles. The smallest absolute Gasteiger partial charge is 0.177 e. The second kappa shape index (κ2) is 5.03. The van der Waals surface area contributed by atoms with E-state index >= 15 is 0 Å². The van der Waals surface area contributed by atoms with Gasteiger partial charge >= 0.3 is 0 Å². The number of ether oxygens (including phenoxy) is 2. The van der Waals surface area contributed by atoms with E-state index in [1.54, 1.807) is 0 Å². The fourth-order valence-corrected chi connectivity index (χ4v) is 1.69. The number of benzene rings is 1. The fraction of sp³-hybridized carbons (Fsp3) is 0.467. The molecule has 1 heterocycles. The summed E-state index contributed by atoms with van der Waals surface area (Å²) in [7, 11) is 0. The van der Waals surface area contributed by atoms with Gasteiger partial charge in [-0.25, -0.2) is 0 Å². The molecule has 0 radical (unpaired) electrons. The zero-order valence-corrected chi connectivity index (χ0v) is 10.7. The molecule has 1 aliphatic heterocycles. The lowest BCUT2D eigenvalue weighted by atomic mass is 9.88. The van der Waals surface area contributed by atoms with Crippen molar-refractivity contribution in [3.8, 4) is 0 Å². The normalized spacial score (nSPS) is 28.4. The Hall–Kier alpha value is -1.12. The van der Waals surface area contributed by atoms with E-state index < -0.39 is 0 Å². The van der Waals surface area contributed by atoms with Gasteiger partial charge in [-0.1, -0.05) is 50.3 Å². The minimum atomic E-state index is -0.224. The van der Waals surface area contributed by atoms with E-state index in [1.165, 1.54) is 0 Å². The van der Waals surface area contributed by atoms with E-state index in [4.69, 9.17) is 9.47 Å². The van der Waals surface area contributed by atoms with E-state index in [2.05, 4.69) is 32.9 Å². The monoisotopic (exact) mass is 232 g/mol. The Morgan fingerprint density at radius 3 is 2.59 bits per heavy atom. The Bertz CT molecular complexity index is 381. The van der Waals surface area contributed by atoms with Gasteiger partial charge in [0.05, 0.1) is 12.7 Å². The lowest BCUT2D eigenvalue weighted by Gasteiger charge is -2.39. The minimum absolute atomic E-state index is 0.0943. The Kier molecular flexibility index (Phi) is 3.65. The van der Waals surface area contributed by atoms with E-state index in [1.807, 2.05) is 30.4 Å². The van der Waals surface area contributed by atoms with Crippen LogP contribution in [0.25, 0.3) is 6.08 Å². The molecule has 2 atom stereocenters. The molecular formula is C15H20O2. The molecule has 0 saturated carbocycles. The van der Waals surface area contributed by atoms with Crippen molar-refractivity contribution < 1.29 is 9.47 Å². The van der Waals surface area contributed by atoms with Crippen LogP contribution >= 0.6 is 0 Å². The number of rotatable bonds is 2. The van der Waals surface area contributed by atoms with Gasteiger partial charge < -0.3 is 9.47 Å². The zero-order chi connectivity index (χ0) is 12.3. The van der Waals surface area contributed by atoms with Crippen LogP contribution in [0.1, 0.15) is 26.3 Å². The molecule has 2 heteroatoms. The summed E-state index contributed by atoms with van der Waals surface area (Å²) in [6.45, 7) is 7.16. The largest absolute Gasteiger partial charge is 0.348 e. The first-order valence-electron chi connectivity index (χ1n) is 6.08. The van der Waals surface area contributed by atoms with Gasteiger partial charge in [0.25, 0.3) is 0 Å². The molecular weight excluding hydrogens is 212 g/mol. The lowest BCUT2D eigenvalue weighted by molar-refractivity contribution is -0.232. The Labute approximate surface area is 103 Å². The van der Waals surface area contributed by atoms with Crippen LogP contribution in [0, 0.1) is 5.41 Å². The van der Waals surface area contributed by atoms with Crippen molar-refractivity contribution in [2.24, 2.45) is 5.41 Å². The van der Waals surface area contributed by atoms with Crippen LogP contribution < -0.4 is 0 Å². The molecule has 1 aromatic rings. The van der Waals surface area contributed by atoms with Crippen molar-refractivity contribution in [3.63, 3.8) is 0 Å². The third kappa shape index (κ3) is 3.18. The standard InChI is InChI=1S/C15H20O2/c1-12-15(2,3)11-16-14(17-12)10-9-13-7-5-4-6-8-13/h4-10,12,14H,11H2,1-3H3/b10-9-/t12-,14+/m1/s1. The summed E-state index contributed by atoms with van der Waals surface area (Å²) in [5.74, 6) is 0. The van der Waals surface area contributed by atoms with Crippen molar-refractivity contribution in [1.82, 2.24) is 0 Å². The summed E-state index contributed by atoms with van der Waals surface area (Å²) >= 11 is 0. The van der Waals surface area contributed by atoms with E-state index in [0.29, 0.717) is 0 Å². The van der Waals surface area contributed by atoms with Crippen LogP contribution in [-0.4, -0.2) is 19.0 Å². The lowest BCUT2D eigenvalue weighted by Crippen LogP contribution is -2.43. The highest BCUT2D eigenvalue weighted by atomic mass is 16.7. The van der Waals surface area contributed by atoms with Crippen LogP contribution in [0.2, 0.25) is 0 Å². The molecule has 0 aromatic heterocycles. The molecule has 0 N–H and O–H groups in total. The highest BCUT2D eigenvalue weighted by Crippen LogP contribution is 2.30. The maximum Gasteiger partial charge on any atom is 0.177 e. The highest BCUT2D eigenvalue weighted by molar-refractivity contribution is 5.48. The second-order valence-electron chi connectivity index (χ2n) is 5.22. The quantitative estimate of drug-likeness (QED) is 0.777. The third-order valence-corrected chi connectivity index (χ3v) is 3.30. The summed E-state index contributed by atoms with van der Waals surface area (Å²) in [5.41, 5.74) is 1.26. The van der Waals surface area contributed by atoms with Gasteiger partial charge in [0.1, 0.15) is 0 Å². The summed E-state index contributed by atoms with van der Waals surface area (Å²) in [6, 6.07) is 10.2. The zero-order valence-electron chi connectivity index (χ0n) is 10.7. The van der Waals surface area contributed by atoms with Crippen molar-refractivity contribution in [2.45, 2.75) is 33.2 Å². The molecule has 92 valence electrons. The van der Waals surface area contributed by atoms with E-state index in [0.717, 1.165) is 12.2 Å². The van der Waals surface area contributed by atoms with E-state index in [9.17, 15) is 0 Å². The van der Waals surface area contributed by atoms with Crippen LogP contribution in [0.5, 0.6) is 0 Å². The topological polar surface area (TPSA) is 18.5 Å². The Morgan fingerprint density at radius 1 is 1.24 bits per heavy atom. The van der Waals surface area contributed by atoms with Crippen molar-refractivity contribution in [1.29, 1.82) is 0 Å². The molecule has 1 saturated heterocycles. The molecule has 0 bridgehead atoms. The molecule has 0 amide bonds. The molecule has 1 fully saturated rings. The first kappa shape index (κ1) is 12.3. The van der Waals surface area contributed by atoms with Crippen LogP contribution in [0.3, 0.4) is 0 Å². The molecule has 17 heavy (non-hydrogen) atoms. The average Bonchev–Trinajstić information content (AvgIpc) is 2.32. The third-order valence-electron chi connectivity index (χ3n) is 3.30. The molecule has 2 rings (SSSR count). The van der Waals surface area contributed by atoms with Crippen LogP contribution in [0.15, 0.2) is 36.4 Å². The van der Waals surface area contributed by atoms with Crippen molar-refractivity contribution in [3.05, 3.63) is 42.0 Å². The van der Waals surface area contributed by atoms with Gasteiger partial charge in [0, 0.05) is 5.41 Å². The predicted octanol–water partition coefficient (Wildman–Crippen LogP) is 3.49. The average molecular weight is 232 g/mol. The summed E-state index contributed by atoms with van der Waals surface area (Å²) < 4.78 is 11.5. The fourth-order valence-electron chi connectivity index (χ4n) is 1.69. The number of hydrogen-bond donors (Lipinski definition) is 0. The maximum absolute atomic E-state index is 5.81. The van der Waals surface area contributed by atoms with Gasteiger partial charge in [-0.05, 0) is 18.6 Å². The predicted molar refractivity (Wildman–Crippen MR) is 69.5 cm³/mol. The second-order valence-corrected chi connectivity index (χ2v) is 5.22. The first-order valence-corrected chi connectivity index (χ1v) is 6.08. The SMILES string of the molecule is C[C@H]1O[C@@H](/C=C\c2ccccc2)OCC1(C)C. The summed E-state index contributed by atoms with van der Waals surface area (Å²) in [6.07, 6.45) is 4.00. The highest BCUT2D eigenvalue weighted by Gasteiger charge is 2.34. The summed E-state index contributed by atoms with van der Waals surface area (Å²) in [4.78, 5) is 0. The van der Waals surface area contributed by atoms with Gasteiger partial charge in [-0.2, -0.15) is 0 Å². The van der Waals surface area contributed by atoms with Gasteiger partial charge in [0.2, 0.25) is 0 Å². The van der Waals surface area contributed by atoms with E-state index in [-0.39, 0.29) is 17.8 Å². The summed E-state index contributed by atoms with van der Waals surface area (Å²) in [5, 5.41) is 0. The van der Waals surface area contributed by atoms with Gasteiger partial charge in [-0.15, -0.1) is 0 Å². The minimum Gasteiger partial charge on any atom is -0.348 e. The van der Waals surface area contributed by atoms with Crippen molar-refractivity contribution in [2.75, 3.05) is 6.61 Å². The maximum atomic E-state index is 5.81. The van der Waals surface area contributed by atoms with Gasteiger partial charge in [-0.3, -0.25) is 0 Å². The Balaban J connectivity index is 1.96. The number of hydrogen-bond acceptors (Lipinski definition) is 2. The molecule has 0 spiro atoms. The van der Waals surface area contributed by atoms with Crippen LogP contribution in [0.4, 0.5) is 0 Å². The molecule has 1 aliphatic rings. The molecule has 2 nitrogen and oxygen atoms in total. The van der Waals surface area contributed by atoms with Crippen LogP contribution in [-0.2, 0) is 9.47 Å². The first-order chi connectivity index (χ1) is 8.08. The van der Waals surface area contributed by atoms with Crippen molar-refractivity contribution >= 4 is 6.08 Å². The molecule has 1 aromatic carbocycles. The Morgan fingerprint density at radius 2 is 1.94 bits per heavy atom.